The van der Waals surface area contributed by atoms with Crippen LogP contribution >= 0.6 is 25.3 Å². The standard InChI is InChI=1S/C6H5N3S2/c7-3-5(6(10)11)9-2-1-8-4-9/h1-2,4,10-11H. The normalized spacial score (nSPS) is 8.82. The van der Waals surface area contributed by atoms with Gasteiger partial charge in [0.1, 0.15) is 11.8 Å². The topological polar surface area (TPSA) is 41.6 Å². The van der Waals surface area contributed by atoms with Crippen LogP contribution < -0.4 is 0 Å². The molecule has 0 fully saturated rings. The Bertz CT molecular complexity index is 303. The predicted octanol–water partition coefficient (Wildman–Crippen LogP) is 1.39. The van der Waals surface area contributed by atoms with Crippen molar-refractivity contribution in [2.45, 2.75) is 0 Å². The Hall–Kier alpha value is -0.860. The fourth-order valence-electron chi connectivity index (χ4n) is 0.615. The predicted molar refractivity (Wildman–Crippen MR) is 49.0 cm³/mol. The summed E-state index contributed by atoms with van der Waals surface area (Å²) >= 11 is 7.86. The Labute approximate surface area is 75.2 Å². The monoisotopic (exact) mass is 183 g/mol. The molecule has 0 radical (unpaired) electrons. The lowest BCUT2D eigenvalue weighted by atomic mass is 10.5. The van der Waals surface area contributed by atoms with Crippen molar-refractivity contribution < 1.29 is 0 Å². The van der Waals surface area contributed by atoms with E-state index in [1.165, 1.54) is 6.33 Å². The maximum atomic E-state index is 8.61. The molecule has 1 rings (SSSR count). The first-order valence-corrected chi connectivity index (χ1v) is 3.65. The highest BCUT2D eigenvalue weighted by atomic mass is 32.2. The highest BCUT2D eigenvalue weighted by molar-refractivity contribution is 8.05. The molecule has 0 aliphatic carbocycles. The molecule has 0 amide bonds. The number of rotatable bonds is 1. The van der Waals surface area contributed by atoms with Crippen molar-refractivity contribution in [1.29, 1.82) is 5.26 Å². The summed E-state index contributed by atoms with van der Waals surface area (Å²) in [7, 11) is 0. The van der Waals surface area contributed by atoms with Gasteiger partial charge in [0.25, 0.3) is 0 Å². The van der Waals surface area contributed by atoms with E-state index in [-0.39, 0.29) is 0 Å². The fraction of sp³-hybridized carbons (Fsp3) is 0. The summed E-state index contributed by atoms with van der Waals surface area (Å²) in [6, 6.07) is 1.95. The van der Waals surface area contributed by atoms with Crippen molar-refractivity contribution in [2.75, 3.05) is 0 Å². The van der Waals surface area contributed by atoms with Crippen LogP contribution in [0.5, 0.6) is 0 Å². The summed E-state index contributed by atoms with van der Waals surface area (Å²) in [6.07, 6.45) is 4.76. The second-order valence-electron chi connectivity index (χ2n) is 1.75. The Morgan fingerprint density at radius 1 is 1.55 bits per heavy atom. The molecule has 5 heteroatoms. The van der Waals surface area contributed by atoms with Gasteiger partial charge in [0.2, 0.25) is 0 Å². The van der Waals surface area contributed by atoms with E-state index < -0.39 is 0 Å². The van der Waals surface area contributed by atoms with Crippen LogP contribution in [0.4, 0.5) is 0 Å². The van der Waals surface area contributed by atoms with E-state index in [2.05, 4.69) is 30.2 Å². The molecule has 0 saturated heterocycles. The number of thiol groups is 2. The average Bonchev–Trinajstić information content (AvgIpc) is 2.40. The molecule has 0 aromatic carbocycles. The van der Waals surface area contributed by atoms with Gasteiger partial charge in [0.15, 0.2) is 0 Å². The van der Waals surface area contributed by atoms with Gasteiger partial charge in [0.05, 0.1) is 10.6 Å². The first kappa shape index (κ1) is 8.24. The zero-order valence-corrected chi connectivity index (χ0v) is 7.26. The van der Waals surface area contributed by atoms with E-state index in [4.69, 9.17) is 5.26 Å². The molecule has 0 N–H and O–H groups in total. The molecule has 3 nitrogen and oxygen atoms in total. The highest BCUT2D eigenvalue weighted by Crippen LogP contribution is 2.15. The van der Waals surface area contributed by atoms with Crippen molar-refractivity contribution in [3.63, 3.8) is 0 Å². The van der Waals surface area contributed by atoms with E-state index in [1.807, 2.05) is 6.07 Å². The van der Waals surface area contributed by atoms with Gasteiger partial charge in [-0.15, -0.1) is 25.3 Å². The van der Waals surface area contributed by atoms with Crippen molar-refractivity contribution >= 4 is 31.0 Å². The molecule has 0 bridgehead atoms. The van der Waals surface area contributed by atoms with E-state index in [9.17, 15) is 0 Å². The van der Waals surface area contributed by atoms with Gasteiger partial charge in [-0.3, -0.25) is 4.57 Å². The average molecular weight is 183 g/mol. The van der Waals surface area contributed by atoms with Crippen LogP contribution in [0.25, 0.3) is 5.70 Å². The molecule has 56 valence electrons. The zero-order chi connectivity index (χ0) is 8.27. The molecule has 1 aromatic rings. The van der Waals surface area contributed by atoms with Crippen LogP contribution in [0.3, 0.4) is 0 Å². The second kappa shape index (κ2) is 3.51. The van der Waals surface area contributed by atoms with Gasteiger partial charge < -0.3 is 0 Å². The van der Waals surface area contributed by atoms with Crippen LogP contribution in [0, 0.1) is 11.3 Å². The maximum Gasteiger partial charge on any atom is 0.145 e. The van der Waals surface area contributed by atoms with Crippen molar-refractivity contribution in [2.24, 2.45) is 0 Å². The Kier molecular flexibility index (Phi) is 2.63. The Morgan fingerprint density at radius 2 is 2.27 bits per heavy atom. The zero-order valence-electron chi connectivity index (χ0n) is 5.47. The van der Waals surface area contributed by atoms with E-state index >= 15 is 0 Å². The summed E-state index contributed by atoms with van der Waals surface area (Å²) in [5.41, 5.74) is 0.370. The van der Waals surface area contributed by atoms with Gasteiger partial charge in [-0.2, -0.15) is 5.26 Å². The largest absolute Gasteiger partial charge is 0.296 e. The third-order valence-corrected chi connectivity index (χ3v) is 1.50. The summed E-state index contributed by atoms with van der Waals surface area (Å²) in [5, 5.41) is 8.61. The van der Waals surface area contributed by atoms with Crippen molar-refractivity contribution in [3.05, 3.63) is 23.0 Å². The van der Waals surface area contributed by atoms with Crippen LogP contribution in [-0.2, 0) is 0 Å². The molecule has 0 spiro atoms. The molecular weight excluding hydrogens is 178 g/mol. The third kappa shape index (κ3) is 1.79. The van der Waals surface area contributed by atoms with E-state index in [0.717, 1.165) is 0 Å². The summed E-state index contributed by atoms with van der Waals surface area (Å²) in [6.45, 7) is 0. The minimum Gasteiger partial charge on any atom is -0.296 e. The van der Waals surface area contributed by atoms with Crippen LogP contribution in [-0.4, -0.2) is 9.55 Å². The molecule has 1 aromatic heterocycles. The van der Waals surface area contributed by atoms with Gasteiger partial charge in [-0.1, -0.05) is 0 Å². The quantitative estimate of drug-likeness (QED) is 0.510. The minimum atomic E-state index is 0.370. The number of nitriles is 1. The van der Waals surface area contributed by atoms with Gasteiger partial charge in [-0.25, -0.2) is 4.98 Å². The molecule has 0 saturated carbocycles. The summed E-state index contributed by atoms with van der Waals surface area (Å²) in [5.74, 6) is 0. The van der Waals surface area contributed by atoms with E-state index in [0.29, 0.717) is 9.93 Å². The lowest BCUT2D eigenvalue weighted by molar-refractivity contribution is 1.10. The molecule has 1 heterocycles. The third-order valence-electron chi connectivity index (χ3n) is 1.08. The molecular formula is C6H5N3S2. The Balaban J connectivity index is 3.12. The molecule has 11 heavy (non-hydrogen) atoms. The molecule has 0 unspecified atom stereocenters. The SMILES string of the molecule is N#CC(=C(S)S)n1ccnc1. The molecule has 0 aliphatic heterocycles. The Morgan fingerprint density at radius 3 is 2.64 bits per heavy atom. The van der Waals surface area contributed by atoms with Gasteiger partial charge >= 0.3 is 0 Å². The molecule has 0 aliphatic rings. The number of nitrogens with zero attached hydrogens (tertiary/aromatic N) is 3. The van der Waals surface area contributed by atoms with E-state index in [1.54, 1.807) is 17.0 Å². The number of hydrogen-bond donors (Lipinski definition) is 2. The maximum absolute atomic E-state index is 8.61. The minimum absolute atomic E-state index is 0.370. The highest BCUT2D eigenvalue weighted by Gasteiger charge is 1.99. The number of imidazole rings is 1. The van der Waals surface area contributed by atoms with Crippen LogP contribution in [0.15, 0.2) is 23.0 Å². The first-order chi connectivity index (χ1) is 5.25. The lowest BCUT2D eigenvalue weighted by Crippen LogP contribution is -1.90. The van der Waals surface area contributed by atoms with Crippen LogP contribution in [0.2, 0.25) is 0 Å². The van der Waals surface area contributed by atoms with Crippen LogP contribution in [0.1, 0.15) is 0 Å². The smallest absolute Gasteiger partial charge is 0.145 e. The van der Waals surface area contributed by atoms with Crippen molar-refractivity contribution in [1.82, 2.24) is 9.55 Å². The fourth-order valence-corrected chi connectivity index (χ4v) is 0.946. The number of allylic oxidation sites excluding steroid dienone is 1. The molecule has 0 atom stereocenters. The summed E-state index contributed by atoms with van der Waals surface area (Å²) in [4.78, 5) is 3.78. The number of aromatic nitrogens is 2. The first-order valence-electron chi connectivity index (χ1n) is 2.76. The van der Waals surface area contributed by atoms with Gasteiger partial charge in [-0.05, 0) is 0 Å². The summed E-state index contributed by atoms with van der Waals surface area (Å²) < 4.78 is 1.93. The second-order valence-corrected chi connectivity index (χ2v) is 3.00. The van der Waals surface area contributed by atoms with Crippen molar-refractivity contribution in [3.8, 4) is 6.07 Å². The lowest BCUT2D eigenvalue weighted by Gasteiger charge is -1.97. The van der Waals surface area contributed by atoms with Gasteiger partial charge in [0, 0.05) is 12.4 Å². The number of hydrogen-bond acceptors (Lipinski definition) is 4.